The van der Waals surface area contributed by atoms with E-state index in [4.69, 9.17) is 5.73 Å². The average Bonchev–Trinajstić information content (AvgIpc) is 3.23. The number of carbonyl (C=O) groups is 1. The summed E-state index contributed by atoms with van der Waals surface area (Å²) < 4.78 is 66.1. The first-order chi connectivity index (χ1) is 13.9. The Labute approximate surface area is 175 Å². The maximum absolute atomic E-state index is 13.0. The Bertz CT molecular complexity index is 889. The molecular formula is C20H28F3N3O3S. The third-order valence-corrected chi connectivity index (χ3v) is 7.84. The maximum Gasteiger partial charge on any atom is 0.416 e. The van der Waals surface area contributed by atoms with Crippen molar-refractivity contribution < 1.29 is 26.4 Å². The smallest absolute Gasteiger partial charge is 0.352 e. The standard InChI is InChI=1S/C20H28F3N3O3S/c1-12(2)8-17(24)19(27)25-18-7-6-13-10-26(11-16(13)18)30(28,29)15-5-3-4-14(9-15)20(21,22)23/h3-5,9,12-13,16-18H,6-8,10-11,24H2,1-2H3,(H,25,27)/t13-,16?,17+,18?/m1/s1. The van der Waals surface area contributed by atoms with Crippen LogP contribution in [0.1, 0.15) is 38.7 Å². The molecule has 1 aromatic carbocycles. The minimum atomic E-state index is -4.61. The average molecular weight is 448 g/mol. The second-order valence-electron chi connectivity index (χ2n) is 8.70. The molecule has 0 radical (unpaired) electrons. The van der Waals surface area contributed by atoms with Crippen LogP contribution in [0.5, 0.6) is 0 Å². The summed E-state index contributed by atoms with van der Waals surface area (Å²) in [6.45, 7) is 4.37. The molecule has 3 rings (SSSR count). The summed E-state index contributed by atoms with van der Waals surface area (Å²) in [6, 6.07) is 3.02. The van der Waals surface area contributed by atoms with Gasteiger partial charge in [0.1, 0.15) is 0 Å². The van der Waals surface area contributed by atoms with Gasteiger partial charge in [-0.05, 0) is 55.2 Å². The molecule has 0 spiro atoms. The summed E-state index contributed by atoms with van der Waals surface area (Å²) in [5, 5.41) is 2.96. The predicted octanol–water partition coefficient (Wildman–Crippen LogP) is 2.59. The number of nitrogens with one attached hydrogen (secondary N) is 1. The molecule has 10 heteroatoms. The van der Waals surface area contributed by atoms with E-state index in [0.29, 0.717) is 12.5 Å². The Hall–Kier alpha value is -1.65. The molecule has 1 heterocycles. The van der Waals surface area contributed by atoms with Crippen LogP contribution in [0.2, 0.25) is 0 Å². The number of sulfonamides is 1. The van der Waals surface area contributed by atoms with Gasteiger partial charge in [-0.3, -0.25) is 4.79 Å². The number of carbonyl (C=O) groups excluding carboxylic acids is 1. The number of hydrogen-bond donors (Lipinski definition) is 2. The Kier molecular flexibility index (Phi) is 6.50. The minimum absolute atomic E-state index is 0.0668. The van der Waals surface area contributed by atoms with Gasteiger partial charge in [0, 0.05) is 19.1 Å². The van der Waals surface area contributed by atoms with E-state index in [1.165, 1.54) is 10.4 Å². The van der Waals surface area contributed by atoms with E-state index in [9.17, 15) is 26.4 Å². The summed E-state index contributed by atoms with van der Waals surface area (Å²) in [4.78, 5) is 12.0. The van der Waals surface area contributed by atoms with E-state index >= 15 is 0 Å². The highest BCUT2D eigenvalue weighted by Crippen LogP contribution is 2.40. The fourth-order valence-corrected chi connectivity index (χ4v) is 6.07. The van der Waals surface area contributed by atoms with E-state index < -0.39 is 27.8 Å². The van der Waals surface area contributed by atoms with Gasteiger partial charge in [-0.15, -0.1) is 0 Å². The maximum atomic E-state index is 13.0. The van der Waals surface area contributed by atoms with E-state index in [1.54, 1.807) is 0 Å². The Morgan fingerprint density at radius 2 is 1.97 bits per heavy atom. The van der Waals surface area contributed by atoms with Gasteiger partial charge in [0.15, 0.2) is 0 Å². The first kappa shape index (κ1) is 23.0. The minimum Gasteiger partial charge on any atom is -0.352 e. The summed E-state index contributed by atoms with van der Waals surface area (Å²) in [7, 11) is -4.05. The van der Waals surface area contributed by atoms with Crippen LogP contribution in [-0.4, -0.2) is 43.8 Å². The largest absolute Gasteiger partial charge is 0.416 e. The lowest BCUT2D eigenvalue weighted by Crippen LogP contribution is -2.48. The highest BCUT2D eigenvalue weighted by atomic mass is 32.2. The van der Waals surface area contributed by atoms with Crippen LogP contribution in [-0.2, 0) is 21.0 Å². The van der Waals surface area contributed by atoms with Gasteiger partial charge >= 0.3 is 6.18 Å². The van der Waals surface area contributed by atoms with Crippen LogP contribution >= 0.6 is 0 Å². The molecule has 1 saturated carbocycles. The molecule has 1 aromatic rings. The molecule has 0 bridgehead atoms. The lowest BCUT2D eigenvalue weighted by Gasteiger charge is -2.24. The van der Waals surface area contributed by atoms with E-state index in [0.717, 1.165) is 25.0 Å². The van der Waals surface area contributed by atoms with Crippen molar-refractivity contribution in [3.05, 3.63) is 29.8 Å². The first-order valence-corrected chi connectivity index (χ1v) is 11.6. The van der Waals surface area contributed by atoms with Crippen molar-refractivity contribution >= 4 is 15.9 Å². The van der Waals surface area contributed by atoms with Gasteiger partial charge in [0.2, 0.25) is 15.9 Å². The summed E-state index contributed by atoms with van der Waals surface area (Å²) >= 11 is 0. The number of nitrogens with two attached hydrogens (primary N) is 1. The number of alkyl halides is 3. The number of hydrogen-bond acceptors (Lipinski definition) is 4. The molecule has 6 nitrogen and oxygen atoms in total. The second-order valence-corrected chi connectivity index (χ2v) is 10.6. The molecular weight excluding hydrogens is 419 g/mol. The zero-order valence-corrected chi connectivity index (χ0v) is 17.8. The Balaban J connectivity index is 1.71. The van der Waals surface area contributed by atoms with E-state index in [-0.39, 0.29) is 47.7 Å². The molecule has 0 aromatic heterocycles. The molecule has 168 valence electrons. The molecule has 30 heavy (non-hydrogen) atoms. The van der Waals surface area contributed by atoms with Crippen molar-refractivity contribution in [3.8, 4) is 0 Å². The third kappa shape index (κ3) is 4.81. The van der Waals surface area contributed by atoms with Crippen molar-refractivity contribution in [1.29, 1.82) is 0 Å². The van der Waals surface area contributed by atoms with Crippen LogP contribution in [0.3, 0.4) is 0 Å². The quantitative estimate of drug-likeness (QED) is 0.701. The lowest BCUT2D eigenvalue weighted by atomic mass is 9.97. The summed E-state index contributed by atoms with van der Waals surface area (Å²) in [5.74, 6) is 0.0353. The number of rotatable bonds is 6. The van der Waals surface area contributed by atoms with E-state index in [2.05, 4.69) is 5.32 Å². The van der Waals surface area contributed by atoms with Gasteiger partial charge in [-0.25, -0.2) is 8.42 Å². The molecule has 2 fully saturated rings. The Morgan fingerprint density at radius 3 is 2.60 bits per heavy atom. The molecule has 4 atom stereocenters. The van der Waals surface area contributed by atoms with Gasteiger partial charge in [0.05, 0.1) is 16.5 Å². The molecule has 3 N–H and O–H groups in total. The van der Waals surface area contributed by atoms with Crippen LogP contribution in [0.15, 0.2) is 29.2 Å². The molecule has 2 unspecified atom stereocenters. The zero-order chi connectivity index (χ0) is 22.3. The zero-order valence-electron chi connectivity index (χ0n) is 17.0. The van der Waals surface area contributed by atoms with Crippen molar-refractivity contribution in [2.75, 3.05) is 13.1 Å². The van der Waals surface area contributed by atoms with Crippen molar-refractivity contribution in [1.82, 2.24) is 9.62 Å². The SMILES string of the molecule is CC(C)C[C@H](N)C(=O)NC1CC[C@@H]2CN(S(=O)(=O)c3cccc(C(F)(F)F)c3)CC12. The lowest BCUT2D eigenvalue weighted by molar-refractivity contribution is -0.137. The topological polar surface area (TPSA) is 92.5 Å². The molecule has 1 saturated heterocycles. The monoisotopic (exact) mass is 447 g/mol. The van der Waals surface area contributed by atoms with Gasteiger partial charge < -0.3 is 11.1 Å². The normalized spacial score (nSPS) is 26.0. The van der Waals surface area contributed by atoms with Crippen LogP contribution < -0.4 is 11.1 Å². The predicted molar refractivity (Wildman–Crippen MR) is 106 cm³/mol. The highest BCUT2D eigenvalue weighted by Gasteiger charge is 2.47. The fourth-order valence-electron chi connectivity index (χ4n) is 4.49. The van der Waals surface area contributed by atoms with E-state index in [1.807, 2.05) is 13.8 Å². The number of nitrogens with zero attached hydrogens (tertiary/aromatic N) is 1. The van der Waals surface area contributed by atoms with Gasteiger partial charge in [-0.1, -0.05) is 19.9 Å². The van der Waals surface area contributed by atoms with Crippen LogP contribution in [0, 0.1) is 17.8 Å². The summed E-state index contributed by atoms with van der Waals surface area (Å²) in [5.41, 5.74) is 4.95. The number of halogens is 3. The van der Waals surface area contributed by atoms with Crippen molar-refractivity contribution in [3.63, 3.8) is 0 Å². The van der Waals surface area contributed by atoms with Gasteiger partial charge in [-0.2, -0.15) is 17.5 Å². The molecule has 2 aliphatic rings. The number of amides is 1. The van der Waals surface area contributed by atoms with Gasteiger partial charge in [0.25, 0.3) is 0 Å². The number of benzene rings is 1. The fraction of sp³-hybridized carbons (Fsp3) is 0.650. The molecule has 1 aliphatic heterocycles. The molecule has 1 amide bonds. The van der Waals surface area contributed by atoms with Crippen molar-refractivity contribution in [2.45, 2.75) is 56.3 Å². The summed E-state index contributed by atoms with van der Waals surface area (Å²) in [6.07, 6.45) is -2.56. The van der Waals surface area contributed by atoms with Crippen LogP contribution in [0.4, 0.5) is 13.2 Å². The highest BCUT2D eigenvalue weighted by molar-refractivity contribution is 7.89. The third-order valence-electron chi connectivity index (χ3n) is 6.01. The van der Waals surface area contributed by atoms with Crippen molar-refractivity contribution in [2.24, 2.45) is 23.5 Å². The first-order valence-electron chi connectivity index (χ1n) is 10.1. The Morgan fingerprint density at radius 1 is 1.27 bits per heavy atom. The van der Waals surface area contributed by atoms with Crippen LogP contribution in [0.25, 0.3) is 0 Å². The second kappa shape index (κ2) is 8.47. The molecule has 1 aliphatic carbocycles. The number of fused-ring (bicyclic) bond motifs is 1.